The molecule has 3 rings (SSSR count). The van der Waals surface area contributed by atoms with Gasteiger partial charge in [-0.05, 0) is 24.6 Å². The number of phenols is 1. The number of ether oxygens (including phenoxy) is 1. The van der Waals surface area contributed by atoms with Crippen molar-refractivity contribution in [2.24, 2.45) is 5.92 Å². The van der Waals surface area contributed by atoms with E-state index in [-0.39, 0.29) is 36.6 Å². The zero-order valence-electron chi connectivity index (χ0n) is 15.1. The molecule has 0 unspecified atom stereocenters. The number of benzene rings is 1. The standard InChI is InChI=1S/C17H22N2O5.CH2O2/c1-11-2-3-14(20)4-15(11)17(23)19-6-12-5-18(8-16(21)22)7-13(19)10-24-9-12;2-1-3/h2-4,12-13,20H,5-10H2,1H3,(H,21,22);1H,(H,2,3)/t12-,13-;/m0./s1. The summed E-state index contributed by atoms with van der Waals surface area (Å²) in [6, 6.07) is 4.58. The van der Waals surface area contributed by atoms with Crippen LogP contribution in [0.1, 0.15) is 15.9 Å². The first kappa shape index (κ1) is 20.7. The molecule has 1 aromatic rings. The number of aromatic hydroxyl groups is 1. The zero-order chi connectivity index (χ0) is 20.0. The first-order valence-corrected chi connectivity index (χ1v) is 8.56. The van der Waals surface area contributed by atoms with Gasteiger partial charge in [-0.25, -0.2) is 0 Å². The van der Waals surface area contributed by atoms with Crippen LogP contribution in [0.2, 0.25) is 0 Å². The quantitative estimate of drug-likeness (QED) is 0.637. The van der Waals surface area contributed by atoms with Crippen molar-refractivity contribution in [3.05, 3.63) is 29.3 Å². The number of carboxylic acids is 1. The van der Waals surface area contributed by atoms with Crippen molar-refractivity contribution < 1.29 is 34.4 Å². The van der Waals surface area contributed by atoms with Gasteiger partial charge in [0.15, 0.2) is 0 Å². The Labute approximate surface area is 156 Å². The van der Waals surface area contributed by atoms with Crippen LogP contribution in [0.15, 0.2) is 18.2 Å². The summed E-state index contributed by atoms with van der Waals surface area (Å²) < 4.78 is 5.67. The predicted molar refractivity (Wildman–Crippen MR) is 94.7 cm³/mol. The van der Waals surface area contributed by atoms with Crippen LogP contribution >= 0.6 is 0 Å². The summed E-state index contributed by atoms with van der Waals surface area (Å²) in [6.45, 7) is 4.10. The van der Waals surface area contributed by atoms with Gasteiger partial charge in [0.1, 0.15) is 5.75 Å². The highest BCUT2D eigenvalue weighted by Crippen LogP contribution is 2.24. The summed E-state index contributed by atoms with van der Waals surface area (Å²) in [7, 11) is 0. The molecule has 3 N–H and O–H groups in total. The molecule has 2 atom stereocenters. The highest BCUT2D eigenvalue weighted by atomic mass is 16.5. The molecule has 2 heterocycles. The molecule has 27 heavy (non-hydrogen) atoms. The van der Waals surface area contributed by atoms with E-state index in [4.69, 9.17) is 19.7 Å². The van der Waals surface area contributed by atoms with E-state index in [1.165, 1.54) is 6.07 Å². The van der Waals surface area contributed by atoms with Gasteiger partial charge in [0.05, 0.1) is 25.8 Å². The van der Waals surface area contributed by atoms with Gasteiger partial charge in [-0.3, -0.25) is 19.3 Å². The van der Waals surface area contributed by atoms with Crippen molar-refractivity contribution in [3.8, 4) is 5.75 Å². The number of aliphatic carboxylic acids is 1. The fourth-order valence-corrected chi connectivity index (χ4v) is 3.50. The molecule has 1 aromatic carbocycles. The van der Waals surface area contributed by atoms with Crippen molar-refractivity contribution >= 4 is 18.3 Å². The van der Waals surface area contributed by atoms with Crippen molar-refractivity contribution in [1.82, 2.24) is 9.80 Å². The molecule has 2 aliphatic heterocycles. The molecule has 2 aliphatic rings. The summed E-state index contributed by atoms with van der Waals surface area (Å²) >= 11 is 0. The van der Waals surface area contributed by atoms with Crippen LogP contribution in [0.3, 0.4) is 0 Å². The number of carboxylic acid groups (broad SMARTS) is 2. The molecule has 1 amide bonds. The molecule has 0 aliphatic carbocycles. The molecule has 0 saturated carbocycles. The Bertz CT molecular complexity index is 694. The number of hydrogen-bond donors (Lipinski definition) is 3. The maximum Gasteiger partial charge on any atom is 0.317 e. The highest BCUT2D eigenvalue weighted by molar-refractivity contribution is 5.96. The fourth-order valence-electron chi connectivity index (χ4n) is 3.50. The van der Waals surface area contributed by atoms with Crippen LogP contribution in [0, 0.1) is 12.8 Å². The fraction of sp³-hybridized carbons (Fsp3) is 0.500. The minimum absolute atomic E-state index is 0.0276. The van der Waals surface area contributed by atoms with E-state index in [1.54, 1.807) is 17.0 Å². The Kier molecular flexibility index (Phi) is 7.14. The highest BCUT2D eigenvalue weighted by Gasteiger charge is 2.36. The third-order valence-corrected chi connectivity index (χ3v) is 4.62. The summed E-state index contributed by atoms with van der Waals surface area (Å²) in [5, 5.41) is 25.6. The van der Waals surface area contributed by atoms with Crippen LogP contribution in [-0.2, 0) is 14.3 Å². The lowest BCUT2D eigenvalue weighted by molar-refractivity contribution is -0.138. The van der Waals surface area contributed by atoms with Gasteiger partial charge >= 0.3 is 5.97 Å². The van der Waals surface area contributed by atoms with E-state index >= 15 is 0 Å². The van der Waals surface area contributed by atoms with Crippen LogP contribution in [-0.4, -0.2) is 88.9 Å². The van der Waals surface area contributed by atoms with E-state index in [0.717, 1.165) is 5.56 Å². The summed E-state index contributed by atoms with van der Waals surface area (Å²) in [6.07, 6.45) is 0. The van der Waals surface area contributed by atoms with Crippen molar-refractivity contribution in [1.29, 1.82) is 0 Å². The maximum atomic E-state index is 13.0. The predicted octanol–water partition coefficient (Wildman–Crippen LogP) is 0.259. The molecule has 0 spiro atoms. The normalized spacial score (nSPS) is 22.2. The lowest BCUT2D eigenvalue weighted by atomic mass is 10.1. The van der Waals surface area contributed by atoms with Gasteiger partial charge in [-0.2, -0.15) is 0 Å². The largest absolute Gasteiger partial charge is 0.508 e. The van der Waals surface area contributed by atoms with Crippen molar-refractivity contribution in [2.45, 2.75) is 13.0 Å². The van der Waals surface area contributed by atoms with Crippen molar-refractivity contribution in [3.63, 3.8) is 0 Å². The average molecular weight is 380 g/mol. The number of hydrogen-bond acceptors (Lipinski definition) is 6. The van der Waals surface area contributed by atoms with Gasteiger partial charge in [0.2, 0.25) is 0 Å². The molecule has 9 nitrogen and oxygen atoms in total. The number of fused-ring (bicyclic) bond motifs is 3. The maximum absolute atomic E-state index is 13.0. The number of rotatable bonds is 3. The van der Waals surface area contributed by atoms with E-state index in [2.05, 4.69) is 0 Å². The molecule has 0 radical (unpaired) electrons. The van der Waals surface area contributed by atoms with Gasteiger partial charge in [0.25, 0.3) is 12.4 Å². The zero-order valence-corrected chi connectivity index (χ0v) is 15.1. The van der Waals surface area contributed by atoms with Crippen LogP contribution in [0.25, 0.3) is 0 Å². The molecule has 2 bridgehead atoms. The monoisotopic (exact) mass is 380 g/mol. The van der Waals surface area contributed by atoms with Crippen molar-refractivity contribution in [2.75, 3.05) is 39.4 Å². The van der Waals surface area contributed by atoms with E-state index < -0.39 is 5.97 Å². The molecular formula is C18H24N2O7. The second-order valence-corrected chi connectivity index (χ2v) is 6.71. The molecular weight excluding hydrogens is 356 g/mol. The minimum atomic E-state index is -0.863. The number of nitrogens with zero attached hydrogens (tertiary/aromatic N) is 2. The summed E-state index contributed by atoms with van der Waals surface area (Å²) in [5.41, 5.74) is 1.28. The Morgan fingerprint density at radius 1 is 1.26 bits per heavy atom. The third-order valence-electron chi connectivity index (χ3n) is 4.62. The Morgan fingerprint density at radius 3 is 2.63 bits per heavy atom. The minimum Gasteiger partial charge on any atom is -0.508 e. The van der Waals surface area contributed by atoms with Gasteiger partial charge in [-0.15, -0.1) is 0 Å². The molecule has 9 heteroatoms. The van der Waals surface area contributed by atoms with Crippen LogP contribution < -0.4 is 0 Å². The van der Waals surface area contributed by atoms with Crippen LogP contribution in [0.4, 0.5) is 0 Å². The average Bonchev–Trinajstić information content (AvgIpc) is 2.87. The molecule has 2 saturated heterocycles. The SMILES string of the molecule is Cc1ccc(O)cc1C(=O)N1C[C@H]2COC[C@@H]1CN(CC(=O)O)C2.O=CO. The number of carbonyl (C=O) groups excluding carboxylic acids is 1. The summed E-state index contributed by atoms with van der Waals surface area (Å²) in [4.78, 5) is 36.1. The first-order valence-electron chi connectivity index (χ1n) is 8.56. The lowest BCUT2D eigenvalue weighted by Gasteiger charge is -2.31. The van der Waals surface area contributed by atoms with E-state index in [0.29, 0.717) is 38.4 Å². The number of phenolic OH excluding ortho intramolecular Hbond substituents is 1. The van der Waals surface area contributed by atoms with Gasteiger partial charge in [-0.1, -0.05) is 6.07 Å². The Morgan fingerprint density at radius 2 is 1.96 bits per heavy atom. The Balaban J connectivity index is 0.000000817. The smallest absolute Gasteiger partial charge is 0.317 e. The second-order valence-electron chi connectivity index (χ2n) is 6.71. The van der Waals surface area contributed by atoms with E-state index in [1.807, 2.05) is 11.8 Å². The lowest BCUT2D eigenvalue weighted by Crippen LogP contribution is -2.47. The Hall–Kier alpha value is -2.65. The number of carbonyl (C=O) groups is 3. The second kappa shape index (κ2) is 9.33. The topological polar surface area (TPSA) is 128 Å². The first-order chi connectivity index (χ1) is 12.8. The number of aryl methyl sites for hydroxylation is 1. The number of amides is 1. The van der Waals surface area contributed by atoms with Gasteiger partial charge < -0.3 is 25.0 Å². The van der Waals surface area contributed by atoms with E-state index in [9.17, 15) is 14.7 Å². The van der Waals surface area contributed by atoms with Gasteiger partial charge in [0, 0.05) is 31.1 Å². The molecule has 2 fully saturated rings. The summed E-state index contributed by atoms with van der Waals surface area (Å²) in [5.74, 6) is -0.859. The third kappa shape index (κ3) is 5.41. The molecule has 148 valence electrons. The molecule has 0 aromatic heterocycles. The van der Waals surface area contributed by atoms with Crippen LogP contribution in [0.5, 0.6) is 5.75 Å².